The van der Waals surface area contributed by atoms with Crippen molar-refractivity contribution >= 4 is 5.78 Å². The largest absolute Gasteiger partial charge is 0.496 e. The summed E-state index contributed by atoms with van der Waals surface area (Å²) in [7, 11) is 1.49. The topological polar surface area (TPSA) is 29.5 Å². The molecule has 1 aromatic carbocycles. The zero-order valence-corrected chi connectivity index (χ0v) is 12.8. The molecule has 20 heavy (non-hydrogen) atoms. The molecule has 1 atom stereocenters. The summed E-state index contributed by atoms with van der Waals surface area (Å²) in [5, 5.41) is 0. The van der Waals surface area contributed by atoms with Crippen molar-refractivity contribution in [1.82, 2.24) is 4.90 Å². The summed E-state index contributed by atoms with van der Waals surface area (Å²) < 4.78 is 18.4. The van der Waals surface area contributed by atoms with Crippen LogP contribution in [0.2, 0.25) is 0 Å². The number of hydrogen-bond acceptors (Lipinski definition) is 3. The van der Waals surface area contributed by atoms with Crippen LogP contribution in [0, 0.1) is 11.7 Å². The van der Waals surface area contributed by atoms with E-state index in [1.54, 1.807) is 0 Å². The maximum absolute atomic E-state index is 13.3. The second-order valence-electron chi connectivity index (χ2n) is 5.11. The van der Waals surface area contributed by atoms with Gasteiger partial charge in [-0.15, -0.1) is 0 Å². The molecule has 0 radical (unpaired) electrons. The molecule has 0 aliphatic heterocycles. The molecule has 112 valence electrons. The molecular weight excluding hydrogens is 257 g/mol. The Morgan fingerprint density at radius 2 is 2.10 bits per heavy atom. The molecule has 0 heterocycles. The molecular formula is C16H24FNO2. The van der Waals surface area contributed by atoms with E-state index in [4.69, 9.17) is 4.74 Å². The highest BCUT2D eigenvalue weighted by Crippen LogP contribution is 2.20. The minimum absolute atomic E-state index is 0.105. The van der Waals surface area contributed by atoms with Crippen molar-refractivity contribution in [2.45, 2.75) is 27.2 Å². The van der Waals surface area contributed by atoms with Gasteiger partial charge in [0.1, 0.15) is 11.6 Å². The first-order chi connectivity index (χ1) is 9.51. The van der Waals surface area contributed by atoms with Crippen molar-refractivity contribution in [3.05, 3.63) is 29.6 Å². The van der Waals surface area contributed by atoms with E-state index in [9.17, 15) is 9.18 Å². The quantitative estimate of drug-likeness (QED) is 0.684. The number of carbonyl (C=O) groups excluding carboxylic acids is 1. The third kappa shape index (κ3) is 4.60. The van der Waals surface area contributed by atoms with E-state index in [0.29, 0.717) is 23.8 Å². The van der Waals surface area contributed by atoms with Gasteiger partial charge in [0.2, 0.25) is 0 Å². The third-order valence-corrected chi connectivity index (χ3v) is 3.54. The molecule has 0 aliphatic carbocycles. The molecule has 0 fully saturated rings. The number of methoxy groups -OCH3 is 1. The first-order valence-electron chi connectivity index (χ1n) is 7.10. The summed E-state index contributed by atoms with van der Waals surface area (Å²) >= 11 is 0. The smallest absolute Gasteiger partial charge is 0.180 e. The molecule has 4 heteroatoms. The Labute approximate surface area is 120 Å². The second-order valence-corrected chi connectivity index (χ2v) is 5.11. The molecule has 1 rings (SSSR count). The number of ketones is 1. The summed E-state index contributed by atoms with van der Waals surface area (Å²) in [6, 6.07) is 4.04. The Balaban J connectivity index is 2.81. The van der Waals surface area contributed by atoms with Crippen LogP contribution in [0.3, 0.4) is 0 Å². The number of carbonyl (C=O) groups is 1. The highest BCUT2D eigenvalue weighted by molar-refractivity contribution is 6.00. The normalized spacial score (nSPS) is 12.5. The Hall–Kier alpha value is -1.42. The van der Waals surface area contributed by atoms with Gasteiger partial charge in [-0.3, -0.25) is 9.69 Å². The monoisotopic (exact) mass is 281 g/mol. The number of nitrogens with zero attached hydrogens (tertiary/aromatic N) is 1. The Morgan fingerprint density at radius 3 is 2.65 bits per heavy atom. The van der Waals surface area contributed by atoms with Gasteiger partial charge in [-0.1, -0.05) is 27.2 Å². The van der Waals surface area contributed by atoms with Crippen molar-refractivity contribution in [2.24, 2.45) is 5.92 Å². The minimum Gasteiger partial charge on any atom is -0.496 e. The molecule has 0 saturated heterocycles. The number of likely N-dealkylation sites (N-methyl/N-ethyl adjacent to an activating group) is 1. The van der Waals surface area contributed by atoms with Gasteiger partial charge in [-0.2, -0.15) is 0 Å². The average molecular weight is 281 g/mol. The maximum Gasteiger partial charge on any atom is 0.180 e. The molecule has 0 bridgehead atoms. The van der Waals surface area contributed by atoms with E-state index < -0.39 is 5.82 Å². The fourth-order valence-corrected chi connectivity index (χ4v) is 2.06. The first-order valence-corrected chi connectivity index (χ1v) is 7.10. The zero-order valence-electron chi connectivity index (χ0n) is 12.8. The number of benzene rings is 1. The van der Waals surface area contributed by atoms with Gasteiger partial charge >= 0.3 is 0 Å². The van der Waals surface area contributed by atoms with Crippen LogP contribution in [0.5, 0.6) is 5.75 Å². The molecule has 0 spiro atoms. The lowest BCUT2D eigenvalue weighted by Gasteiger charge is -2.23. The van der Waals surface area contributed by atoms with Crippen LogP contribution < -0.4 is 4.74 Å². The average Bonchev–Trinajstić information content (AvgIpc) is 2.45. The van der Waals surface area contributed by atoms with E-state index in [-0.39, 0.29) is 5.78 Å². The molecule has 0 aliphatic rings. The van der Waals surface area contributed by atoms with Crippen molar-refractivity contribution < 1.29 is 13.9 Å². The van der Waals surface area contributed by atoms with Crippen LogP contribution in [0.1, 0.15) is 37.6 Å². The lowest BCUT2D eigenvalue weighted by atomic mass is 10.1. The number of halogens is 1. The summed E-state index contributed by atoms with van der Waals surface area (Å²) in [6.07, 6.45) is 1.08. The lowest BCUT2D eigenvalue weighted by molar-refractivity contribution is 0.0920. The van der Waals surface area contributed by atoms with Gasteiger partial charge in [-0.05, 0) is 30.7 Å². The van der Waals surface area contributed by atoms with Gasteiger partial charge in [0.05, 0.1) is 19.2 Å². The number of hydrogen-bond donors (Lipinski definition) is 0. The molecule has 1 aromatic rings. The number of ether oxygens (including phenoxy) is 1. The Bertz CT molecular complexity index is 448. The van der Waals surface area contributed by atoms with Gasteiger partial charge in [0.15, 0.2) is 5.78 Å². The van der Waals surface area contributed by atoms with Crippen LogP contribution >= 0.6 is 0 Å². The molecule has 1 unspecified atom stereocenters. The standard InChI is InChI=1S/C16H24FNO2/c1-5-12(3)10-18(6-2)11-15(19)14-9-13(17)7-8-16(14)20-4/h7-9,12H,5-6,10-11H2,1-4H3. The van der Waals surface area contributed by atoms with E-state index in [0.717, 1.165) is 19.5 Å². The molecule has 0 aromatic heterocycles. The molecule has 0 saturated carbocycles. The van der Waals surface area contributed by atoms with Crippen LogP contribution in [-0.4, -0.2) is 37.4 Å². The highest BCUT2D eigenvalue weighted by atomic mass is 19.1. The van der Waals surface area contributed by atoms with Gasteiger partial charge in [-0.25, -0.2) is 4.39 Å². The predicted molar refractivity (Wildman–Crippen MR) is 78.9 cm³/mol. The summed E-state index contributed by atoms with van der Waals surface area (Å²) in [6.45, 7) is 8.29. The fourth-order valence-electron chi connectivity index (χ4n) is 2.06. The second kappa shape index (κ2) is 8.00. The van der Waals surface area contributed by atoms with E-state index >= 15 is 0 Å². The van der Waals surface area contributed by atoms with Crippen molar-refractivity contribution in [1.29, 1.82) is 0 Å². The van der Waals surface area contributed by atoms with E-state index in [2.05, 4.69) is 18.7 Å². The molecule has 3 nitrogen and oxygen atoms in total. The predicted octanol–water partition coefficient (Wildman–Crippen LogP) is 3.39. The van der Waals surface area contributed by atoms with Gasteiger partial charge in [0, 0.05) is 6.54 Å². The number of rotatable bonds is 8. The summed E-state index contributed by atoms with van der Waals surface area (Å²) in [5.41, 5.74) is 0.315. The first kappa shape index (κ1) is 16.6. The summed E-state index contributed by atoms with van der Waals surface area (Å²) in [5.74, 6) is 0.443. The zero-order chi connectivity index (χ0) is 15.1. The van der Waals surface area contributed by atoms with Crippen LogP contribution in [0.15, 0.2) is 18.2 Å². The van der Waals surface area contributed by atoms with E-state index in [1.807, 2.05) is 6.92 Å². The highest BCUT2D eigenvalue weighted by Gasteiger charge is 2.17. The Kier molecular flexibility index (Phi) is 6.65. The van der Waals surface area contributed by atoms with Crippen molar-refractivity contribution in [3.8, 4) is 5.75 Å². The van der Waals surface area contributed by atoms with Crippen LogP contribution in [0.25, 0.3) is 0 Å². The minimum atomic E-state index is -0.417. The van der Waals surface area contributed by atoms with Gasteiger partial charge < -0.3 is 4.74 Å². The third-order valence-electron chi connectivity index (χ3n) is 3.54. The number of Topliss-reactive ketones (excluding diaryl/α,β-unsaturated/α-hetero) is 1. The molecule has 0 amide bonds. The SMILES string of the molecule is CCC(C)CN(CC)CC(=O)c1cc(F)ccc1OC. The van der Waals surface area contributed by atoms with Gasteiger partial charge in [0.25, 0.3) is 0 Å². The summed E-state index contributed by atoms with van der Waals surface area (Å²) in [4.78, 5) is 14.4. The van der Waals surface area contributed by atoms with Crippen LogP contribution in [0.4, 0.5) is 4.39 Å². The van der Waals surface area contributed by atoms with Crippen molar-refractivity contribution in [2.75, 3.05) is 26.7 Å². The maximum atomic E-state index is 13.3. The Morgan fingerprint density at radius 1 is 1.40 bits per heavy atom. The van der Waals surface area contributed by atoms with Crippen LogP contribution in [-0.2, 0) is 0 Å². The lowest BCUT2D eigenvalue weighted by Crippen LogP contribution is -2.33. The van der Waals surface area contributed by atoms with E-state index in [1.165, 1.54) is 25.3 Å². The fraction of sp³-hybridized carbons (Fsp3) is 0.562. The molecule has 0 N–H and O–H groups in total. The van der Waals surface area contributed by atoms with Crippen molar-refractivity contribution in [3.63, 3.8) is 0 Å².